The Morgan fingerprint density at radius 1 is 1.52 bits per heavy atom. The van der Waals surface area contributed by atoms with Gasteiger partial charge in [-0.3, -0.25) is 0 Å². The number of carbonyl (C=O) groups is 1. The van der Waals surface area contributed by atoms with Gasteiger partial charge in [-0.2, -0.15) is 0 Å². The van der Waals surface area contributed by atoms with Crippen LogP contribution in [0.15, 0.2) is 24.3 Å². The Hall–Kier alpha value is -1.82. The van der Waals surface area contributed by atoms with E-state index in [4.69, 9.17) is 0 Å². The number of benzene rings is 1. The predicted molar refractivity (Wildman–Crippen MR) is 89.1 cm³/mol. The molecule has 1 aromatic rings. The van der Waals surface area contributed by atoms with Crippen molar-refractivity contribution >= 4 is 11.7 Å². The number of halogens is 1. The zero-order valence-electron chi connectivity index (χ0n) is 13.8. The highest BCUT2D eigenvalue weighted by Gasteiger charge is 2.24. The number of amides is 2. The molecule has 2 atom stereocenters. The second-order valence-electron chi connectivity index (χ2n) is 6.25. The van der Waals surface area contributed by atoms with Gasteiger partial charge < -0.3 is 20.2 Å². The number of urea groups is 1. The third kappa shape index (κ3) is 5.10. The first-order valence-electron chi connectivity index (χ1n) is 8.16. The fourth-order valence-electron chi connectivity index (χ4n) is 2.79. The lowest BCUT2D eigenvalue weighted by molar-refractivity contribution is 0.162. The SMILES string of the molecule is CC(O)CCN(C)C(=O)NC1CCCN(c2ccccc2F)C1. The molecular weight excluding hydrogens is 297 g/mol. The number of rotatable bonds is 5. The van der Waals surface area contributed by atoms with Crippen molar-refractivity contribution in [1.29, 1.82) is 0 Å². The Morgan fingerprint density at radius 3 is 2.96 bits per heavy atom. The summed E-state index contributed by atoms with van der Waals surface area (Å²) >= 11 is 0. The van der Waals surface area contributed by atoms with Crippen LogP contribution in [0.1, 0.15) is 26.2 Å². The van der Waals surface area contributed by atoms with Crippen LogP contribution in [-0.4, -0.2) is 54.9 Å². The van der Waals surface area contributed by atoms with Gasteiger partial charge in [0.05, 0.1) is 11.8 Å². The van der Waals surface area contributed by atoms with Gasteiger partial charge in [-0.1, -0.05) is 12.1 Å². The molecule has 0 saturated carbocycles. The van der Waals surface area contributed by atoms with Crippen LogP contribution in [0.5, 0.6) is 0 Å². The summed E-state index contributed by atoms with van der Waals surface area (Å²) in [5, 5.41) is 12.3. The van der Waals surface area contributed by atoms with Gasteiger partial charge in [-0.15, -0.1) is 0 Å². The molecule has 0 aliphatic carbocycles. The van der Waals surface area contributed by atoms with Crippen molar-refractivity contribution in [2.24, 2.45) is 0 Å². The van der Waals surface area contributed by atoms with Crippen molar-refractivity contribution in [2.75, 3.05) is 31.6 Å². The van der Waals surface area contributed by atoms with Crippen LogP contribution in [0.4, 0.5) is 14.9 Å². The molecule has 0 aromatic heterocycles. The monoisotopic (exact) mass is 323 g/mol. The number of para-hydroxylation sites is 1. The summed E-state index contributed by atoms with van der Waals surface area (Å²) in [5.74, 6) is -0.228. The van der Waals surface area contributed by atoms with E-state index in [0.717, 1.165) is 19.4 Å². The lowest BCUT2D eigenvalue weighted by Crippen LogP contribution is -2.51. The highest BCUT2D eigenvalue weighted by molar-refractivity contribution is 5.74. The van der Waals surface area contributed by atoms with Gasteiger partial charge in [0, 0.05) is 32.7 Å². The first-order valence-corrected chi connectivity index (χ1v) is 8.16. The molecule has 1 saturated heterocycles. The van der Waals surface area contributed by atoms with Crippen molar-refractivity contribution in [3.8, 4) is 0 Å². The van der Waals surface area contributed by atoms with Crippen molar-refractivity contribution in [3.05, 3.63) is 30.1 Å². The number of anilines is 1. The molecule has 1 heterocycles. The van der Waals surface area contributed by atoms with E-state index in [1.807, 2.05) is 11.0 Å². The van der Waals surface area contributed by atoms with Gasteiger partial charge in [-0.25, -0.2) is 9.18 Å². The van der Waals surface area contributed by atoms with E-state index in [1.165, 1.54) is 6.07 Å². The predicted octanol–water partition coefficient (Wildman–Crippen LogP) is 2.21. The number of aliphatic hydroxyl groups is 1. The summed E-state index contributed by atoms with van der Waals surface area (Å²) in [6.45, 7) is 3.62. The average Bonchev–Trinajstić information content (AvgIpc) is 2.53. The summed E-state index contributed by atoms with van der Waals surface area (Å²) in [6.07, 6.45) is 1.93. The zero-order chi connectivity index (χ0) is 16.8. The van der Waals surface area contributed by atoms with Crippen molar-refractivity contribution in [3.63, 3.8) is 0 Å². The molecule has 0 bridgehead atoms. The van der Waals surface area contributed by atoms with E-state index in [0.29, 0.717) is 25.2 Å². The molecule has 5 nitrogen and oxygen atoms in total. The molecule has 1 fully saturated rings. The lowest BCUT2D eigenvalue weighted by atomic mass is 10.0. The van der Waals surface area contributed by atoms with Gasteiger partial charge in [0.25, 0.3) is 0 Å². The number of hydrogen-bond donors (Lipinski definition) is 2. The van der Waals surface area contributed by atoms with Crippen LogP contribution in [-0.2, 0) is 0 Å². The maximum absolute atomic E-state index is 13.9. The second kappa shape index (κ2) is 8.15. The maximum Gasteiger partial charge on any atom is 0.317 e. The Balaban J connectivity index is 1.89. The maximum atomic E-state index is 13.9. The van der Waals surface area contributed by atoms with Crippen molar-refractivity contribution in [1.82, 2.24) is 10.2 Å². The third-order valence-corrected chi connectivity index (χ3v) is 4.17. The Labute approximate surface area is 137 Å². The quantitative estimate of drug-likeness (QED) is 0.873. The number of hydrogen-bond acceptors (Lipinski definition) is 3. The fourth-order valence-corrected chi connectivity index (χ4v) is 2.79. The van der Waals surface area contributed by atoms with Crippen LogP contribution in [0.2, 0.25) is 0 Å². The molecule has 2 rings (SSSR count). The van der Waals surface area contributed by atoms with Gasteiger partial charge >= 0.3 is 6.03 Å². The Kier molecular flexibility index (Phi) is 6.21. The fraction of sp³-hybridized carbons (Fsp3) is 0.588. The van der Waals surface area contributed by atoms with E-state index >= 15 is 0 Å². The topological polar surface area (TPSA) is 55.8 Å². The number of piperidine rings is 1. The standard InChI is InChI=1S/C17H26FN3O2/c1-13(22)9-11-20(2)17(23)19-14-6-5-10-21(12-14)16-8-4-3-7-15(16)18/h3-4,7-8,13-14,22H,5-6,9-12H2,1-2H3,(H,19,23). The highest BCUT2D eigenvalue weighted by atomic mass is 19.1. The van der Waals surface area contributed by atoms with Gasteiger partial charge in [-0.05, 0) is 38.3 Å². The van der Waals surface area contributed by atoms with Crippen LogP contribution in [0.3, 0.4) is 0 Å². The lowest BCUT2D eigenvalue weighted by Gasteiger charge is -2.35. The summed E-state index contributed by atoms with van der Waals surface area (Å²) < 4.78 is 13.9. The number of carbonyl (C=O) groups excluding carboxylic acids is 1. The molecule has 1 aliphatic rings. The number of aliphatic hydroxyl groups excluding tert-OH is 1. The van der Waals surface area contributed by atoms with Gasteiger partial charge in [0.15, 0.2) is 0 Å². The molecular formula is C17H26FN3O2. The summed E-state index contributed by atoms with van der Waals surface area (Å²) in [6, 6.07) is 6.59. The van der Waals surface area contributed by atoms with Crippen molar-refractivity contribution in [2.45, 2.75) is 38.3 Å². The van der Waals surface area contributed by atoms with Crippen molar-refractivity contribution < 1.29 is 14.3 Å². The molecule has 2 N–H and O–H groups in total. The van der Waals surface area contributed by atoms with E-state index in [1.54, 1.807) is 31.0 Å². The molecule has 1 aromatic carbocycles. The van der Waals surface area contributed by atoms with E-state index < -0.39 is 6.10 Å². The van der Waals surface area contributed by atoms with Gasteiger partial charge in [0.1, 0.15) is 5.82 Å². The first kappa shape index (κ1) is 17.5. The first-order chi connectivity index (χ1) is 11.0. The van der Waals surface area contributed by atoms with Crippen LogP contribution in [0, 0.1) is 5.82 Å². The average molecular weight is 323 g/mol. The van der Waals surface area contributed by atoms with E-state index in [-0.39, 0.29) is 17.9 Å². The zero-order valence-corrected chi connectivity index (χ0v) is 13.8. The molecule has 2 amide bonds. The minimum absolute atomic E-state index is 0.00450. The second-order valence-corrected chi connectivity index (χ2v) is 6.25. The van der Waals surface area contributed by atoms with Crippen LogP contribution >= 0.6 is 0 Å². The Bertz CT molecular complexity index is 524. The van der Waals surface area contributed by atoms with E-state index in [2.05, 4.69) is 5.32 Å². The van der Waals surface area contributed by atoms with Crippen LogP contribution in [0.25, 0.3) is 0 Å². The van der Waals surface area contributed by atoms with Crippen LogP contribution < -0.4 is 10.2 Å². The minimum Gasteiger partial charge on any atom is -0.393 e. The molecule has 0 spiro atoms. The number of nitrogens with zero attached hydrogens (tertiary/aromatic N) is 2. The molecule has 6 heteroatoms. The molecule has 0 radical (unpaired) electrons. The molecule has 128 valence electrons. The summed E-state index contributed by atoms with van der Waals surface area (Å²) in [4.78, 5) is 15.7. The van der Waals surface area contributed by atoms with Gasteiger partial charge in [0.2, 0.25) is 0 Å². The largest absolute Gasteiger partial charge is 0.393 e. The minimum atomic E-state index is -0.420. The normalized spacial score (nSPS) is 19.3. The third-order valence-electron chi connectivity index (χ3n) is 4.17. The smallest absolute Gasteiger partial charge is 0.317 e. The summed E-state index contributed by atoms with van der Waals surface area (Å²) in [5.41, 5.74) is 0.592. The number of nitrogens with one attached hydrogen (secondary N) is 1. The Morgan fingerprint density at radius 2 is 2.26 bits per heavy atom. The molecule has 2 unspecified atom stereocenters. The molecule has 1 aliphatic heterocycles. The van der Waals surface area contributed by atoms with E-state index in [9.17, 15) is 14.3 Å². The summed E-state index contributed by atoms with van der Waals surface area (Å²) in [7, 11) is 1.72. The molecule has 23 heavy (non-hydrogen) atoms. The highest BCUT2D eigenvalue weighted by Crippen LogP contribution is 2.22.